The van der Waals surface area contributed by atoms with Crippen LogP contribution in [0.4, 0.5) is 11.4 Å². The van der Waals surface area contributed by atoms with E-state index in [1.165, 1.54) is 7.11 Å². The molecule has 1 aliphatic rings. The summed E-state index contributed by atoms with van der Waals surface area (Å²) in [4.78, 5) is 46.5. The molecule has 0 aromatic heterocycles. The van der Waals surface area contributed by atoms with Gasteiger partial charge in [-0.3, -0.25) is 14.6 Å². The van der Waals surface area contributed by atoms with E-state index in [9.17, 15) is 14.4 Å². The van der Waals surface area contributed by atoms with Crippen molar-refractivity contribution in [2.45, 2.75) is 5.92 Å². The van der Waals surface area contributed by atoms with Crippen LogP contribution in [-0.2, 0) is 9.53 Å². The van der Waals surface area contributed by atoms with Crippen LogP contribution in [0.2, 0.25) is 0 Å². The Hall–Kier alpha value is -4.30. The third-order valence-electron chi connectivity index (χ3n) is 6.24. The topological polar surface area (TPSA) is 91.3 Å². The highest BCUT2D eigenvalue weighted by Gasteiger charge is 2.36. The molecule has 0 saturated carbocycles. The molecule has 37 heavy (non-hydrogen) atoms. The molecule has 0 radical (unpaired) electrons. The van der Waals surface area contributed by atoms with E-state index < -0.39 is 11.9 Å². The van der Waals surface area contributed by atoms with Crippen LogP contribution in [-0.4, -0.2) is 74.6 Å². The molecule has 1 heterocycles. The monoisotopic (exact) mass is 498 g/mol. The fraction of sp³-hybridized carbons (Fsp3) is 0.241. The molecular weight excluding hydrogens is 468 g/mol. The van der Waals surface area contributed by atoms with Gasteiger partial charge in [0.2, 0.25) is 5.91 Å². The van der Waals surface area contributed by atoms with Gasteiger partial charge >= 0.3 is 5.97 Å². The number of aliphatic imine (C=N–C) groups is 1. The summed E-state index contributed by atoms with van der Waals surface area (Å²) >= 11 is 0. The van der Waals surface area contributed by atoms with Crippen molar-refractivity contribution in [3.8, 4) is 0 Å². The quantitative estimate of drug-likeness (QED) is 0.375. The van der Waals surface area contributed by atoms with E-state index in [1.54, 1.807) is 54.4 Å². The molecular formula is C29H30N4O4. The molecule has 3 aromatic rings. The number of nitrogens with one attached hydrogen (secondary N) is 1. The average molecular weight is 499 g/mol. The van der Waals surface area contributed by atoms with Crippen LogP contribution < -0.4 is 5.32 Å². The van der Waals surface area contributed by atoms with Crippen LogP contribution in [0, 0.1) is 0 Å². The van der Waals surface area contributed by atoms with Crippen LogP contribution in [0.25, 0.3) is 0 Å². The molecule has 0 fully saturated rings. The van der Waals surface area contributed by atoms with E-state index in [2.05, 4.69) is 5.32 Å². The average Bonchev–Trinajstić information content (AvgIpc) is 3.24. The van der Waals surface area contributed by atoms with Gasteiger partial charge in [0.25, 0.3) is 5.91 Å². The molecule has 190 valence electrons. The first kappa shape index (κ1) is 25.8. The van der Waals surface area contributed by atoms with Crippen molar-refractivity contribution in [3.63, 3.8) is 0 Å². The number of methoxy groups -OCH3 is 1. The number of hydrogen-bond donors (Lipinski definition) is 1. The van der Waals surface area contributed by atoms with Gasteiger partial charge in [-0.2, -0.15) is 0 Å². The van der Waals surface area contributed by atoms with Crippen molar-refractivity contribution in [2.24, 2.45) is 4.99 Å². The van der Waals surface area contributed by atoms with Gasteiger partial charge in [-0.05, 0) is 61.6 Å². The first-order chi connectivity index (χ1) is 17.8. The zero-order chi connectivity index (χ0) is 26.5. The number of nitrogens with zero attached hydrogens (tertiary/aromatic N) is 3. The molecule has 1 aliphatic heterocycles. The Kier molecular flexibility index (Phi) is 7.79. The van der Waals surface area contributed by atoms with E-state index in [1.807, 2.05) is 49.3 Å². The number of likely N-dealkylation sites (N-methyl/N-ethyl adjacent to an activating group) is 2. The summed E-state index contributed by atoms with van der Waals surface area (Å²) < 4.78 is 4.81. The molecule has 4 rings (SSSR count). The predicted molar refractivity (Wildman–Crippen MR) is 144 cm³/mol. The van der Waals surface area contributed by atoms with Crippen molar-refractivity contribution in [3.05, 3.63) is 95.1 Å². The van der Waals surface area contributed by atoms with Gasteiger partial charge in [-0.25, -0.2) is 4.79 Å². The first-order valence-corrected chi connectivity index (χ1v) is 12.0. The van der Waals surface area contributed by atoms with Gasteiger partial charge < -0.3 is 19.9 Å². The van der Waals surface area contributed by atoms with Crippen molar-refractivity contribution >= 4 is 34.9 Å². The van der Waals surface area contributed by atoms with Gasteiger partial charge in [-0.1, -0.05) is 36.4 Å². The number of esters is 1. The second kappa shape index (κ2) is 11.2. The maximum atomic E-state index is 13.2. The number of fused-ring (bicyclic) bond motifs is 1. The maximum Gasteiger partial charge on any atom is 0.337 e. The lowest BCUT2D eigenvalue weighted by molar-refractivity contribution is -0.115. The molecule has 1 N–H and O–H groups in total. The van der Waals surface area contributed by atoms with Crippen molar-refractivity contribution in [2.75, 3.05) is 46.7 Å². The number of carbonyl (C=O) groups excluding carboxylic acids is 3. The Morgan fingerprint density at radius 3 is 2.22 bits per heavy atom. The maximum absolute atomic E-state index is 13.2. The molecule has 0 saturated heterocycles. The molecule has 8 nitrogen and oxygen atoms in total. The highest BCUT2D eigenvalue weighted by Crippen LogP contribution is 2.37. The highest BCUT2D eigenvalue weighted by molar-refractivity contribution is 6.24. The predicted octanol–water partition coefficient (Wildman–Crippen LogP) is 3.96. The highest BCUT2D eigenvalue weighted by atomic mass is 16.5. The summed E-state index contributed by atoms with van der Waals surface area (Å²) in [5, 5.41) is 2.88. The van der Waals surface area contributed by atoms with E-state index in [-0.39, 0.29) is 11.8 Å². The zero-order valence-electron chi connectivity index (χ0n) is 21.4. The minimum Gasteiger partial charge on any atom is -0.465 e. The lowest BCUT2D eigenvalue weighted by Crippen LogP contribution is -2.33. The summed E-state index contributed by atoms with van der Waals surface area (Å²) in [5.74, 6) is -1.43. The van der Waals surface area contributed by atoms with Crippen molar-refractivity contribution in [1.29, 1.82) is 0 Å². The van der Waals surface area contributed by atoms with Gasteiger partial charge in [0.05, 0.1) is 24.1 Å². The summed E-state index contributed by atoms with van der Waals surface area (Å²) in [5.41, 5.74) is 4.22. The smallest absolute Gasteiger partial charge is 0.337 e. The molecule has 0 bridgehead atoms. The Morgan fingerprint density at radius 1 is 0.892 bits per heavy atom. The van der Waals surface area contributed by atoms with E-state index >= 15 is 0 Å². The normalized spacial score (nSPS) is 14.8. The second-order valence-corrected chi connectivity index (χ2v) is 9.16. The molecule has 0 spiro atoms. The standard InChI is InChI=1S/C29H30N4O4/c1-32(2)16-17-33(3)28(35)20-10-13-22(14-11-20)30-26(19-8-6-5-7-9-19)25-23-15-12-21(29(36)37-4)18-24(23)31-27(25)34/h5-15,18,25H,16-17H2,1-4H3,(H,31,34). The van der Waals surface area contributed by atoms with Gasteiger partial charge in [-0.15, -0.1) is 0 Å². The molecule has 1 atom stereocenters. The Morgan fingerprint density at radius 2 is 1.57 bits per heavy atom. The van der Waals surface area contributed by atoms with Gasteiger partial charge in [0.15, 0.2) is 0 Å². The summed E-state index contributed by atoms with van der Waals surface area (Å²) in [6, 6.07) is 21.6. The number of amides is 2. The van der Waals surface area contributed by atoms with Crippen molar-refractivity contribution < 1.29 is 19.1 Å². The Balaban J connectivity index is 1.67. The van der Waals surface area contributed by atoms with Crippen LogP contribution in [0.1, 0.15) is 37.8 Å². The Labute approximate surface area is 216 Å². The number of anilines is 1. The Bertz CT molecular complexity index is 1330. The fourth-order valence-electron chi connectivity index (χ4n) is 4.17. The van der Waals surface area contributed by atoms with E-state index in [0.29, 0.717) is 34.8 Å². The molecule has 3 aromatic carbocycles. The first-order valence-electron chi connectivity index (χ1n) is 12.0. The van der Waals surface area contributed by atoms with Crippen LogP contribution in [0.5, 0.6) is 0 Å². The number of carbonyl (C=O) groups is 3. The molecule has 2 amide bonds. The molecule has 8 heteroatoms. The largest absolute Gasteiger partial charge is 0.465 e. The van der Waals surface area contributed by atoms with Crippen LogP contribution >= 0.6 is 0 Å². The minimum absolute atomic E-state index is 0.0637. The van der Waals surface area contributed by atoms with Crippen LogP contribution in [0.3, 0.4) is 0 Å². The lowest BCUT2D eigenvalue weighted by Gasteiger charge is -2.19. The van der Waals surface area contributed by atoms with E-state index in [0.717, 1.165) is 17.7 Å². The SMILES string of the molecule is COC(=O)c1ccc2c(c1)NC(=O)C2C(=Nc1ccc(C(=O)N(C)CCN(C)C)cc1)c1ccccc1. The fourth-order valence-corrected chi connectivity index (χ4v) is 4.17. The number of hydrogen-bond acceptors (Lipinski definition) is 6. The van der Waals surface area contributed by atoms with Gasteiger partial charge in [0.1, 0.15) is 5.92 Å². The van der Waals surface area contributed by atoms with Crippen molar-refractivity contribution in [1.82, 2.24) is 9.80 Å². The number of benzene rings is 3. The zero-order valence-corrected chi connectivity index (χ0v) is 21.4. The summed E-state index contributed by atoms with van der Waals surface area (Å²) in [6.07, 6.45) is 0. The molecule has 0 aliphatic carbocycles. The lowest BCUT2D eigenvalue weighted by atomic mass is 9.90. The minimum atomic E-state index is -0.664. The third-order valence-corrected chi connectivity index (χ3v) is 6.24. The summed E-state index contributed by atoms with van der Waals surface area (Å²) in [6.45, 7) is 1.40. The van der Waals surface area contributed by atoms with Gasteiger partial charge in [0, 0.05) is 31.4 Å². The molecule has 1 unspecified atom stereocenters. The van der Waals surface area contributed by atoms with Crippen LogP contribution in [0.15, 0.2) is 77.8 Å². The number of rotatable bonds is 8. The number of ether oxygens (including phenoxy) is 1. The van der Waals surface area contributed by atoms with E-state index in [4.69, 9.17) is 9.73 Å². The summed E-state index contributed by atoms with van der Waals surface area (Å²) in [7, 11) is 7.04. The second-order valence-electron chi connectivity index (χ2n) is 9.16. The third kappa shape index (κ3) is 5.76.